The van der Waals surface area contributed by atoms with Crippen LogP contribution in [0, 0.1) is 10.1 Å². The average molecular weight is 333 g/mol. The van der Waals surface area contributed by atoms with Crippen LogP contribution in [0.3, 0.4) is 0 Å². The van der Waals surface area contributed by atoms with E-state index in [2.05, 4.69) is 27.3 Å². The van der Waals surface area contributed by atoms with Crippen molar-refractivity contribution in [2.45, 2.75) is 13.1 Å². The first-order chi connectivity index (χ1) is 8.15. The molecule has 2 heterocycles. The highest BCUT2D eigenvalue weighted by atomic mass is 79.9. The van der Waals surface area contributed by atoms with Gasteiger partial charge in [-0.25, -0.2) is 0 Å². The molecule has 2 rings (SSSR count). The van der Waals surface area contributed by atoms with Crippen LogP contribution in [0.4, 0.5) is 5.00 Å². The Labute approximate surface area is 115 Å². The predicted molar refractivity (Wildman–Crippen MR) is 73.5 cm³/mol. The summed E-state index contributed by atoms with van der Waals surface area (Å²) in [5.41, 5.74) is 0.956. The van der Waals surface area contributed by atoms with Crippen molar-refractivity contribution >= 4 is 43.6 Å². The monoisotopic (exact) mass is 332 g/mol. The van der Waals surface area contributed by atoms with Gasteiger partial charge in [-0.1, -0.05) is 11.3 Å². The lowest BCUT2D eigenvalue weighted by Crippen LogP contribution is -2.10. The largest absolute Gasteiger partial charge is 0.324 e. The SMILES string of the molecule is O=[N+]([O-])c1cc(CNCc2ccc(Br)s2)cs1. The fourth-order valence-corrected chi connectivity index (χ4v) is 3.51. The quantitative estimate of drug-likeness (QED) is 0.669. The third-order valence-electron chi connectivity index (χ3n) is 2.08. The van der Waals surface area contributed by atoms with Crippen LogP contribution in [0.5, 0.6) is 0 Å². The molecule has 0 spiro atoms. The van der Waals surface area contributed by atoms with Gasteiger partial charge in [0.1, 0.15) is 0 Å². The van der Waals surface area contributed by atoms with Gasteiger partial charge >= 0.3 is 5.00 Å². The Morgan fingerprint density at radius 2 is 2.24 bits per heavy atom. The van der Waals surface area contributed by atoms with Crippen LogP contribution in [0.1, 0.15) is 10.4 Å². The van der Waals surface area contributed by atoms with Crippen LogP contribution >= 0.6 is 38.6 Å². The highest BCUT2D eigenvalue weighted by molar-refractivity contribution is 9.11. The minimum atomic E-state index is -0.357. The van der Waals surface area contributed by atoms with Gasteiger partial charge < -0.3 is 5.32 Å². The molecular weight excluding hydrogens is 324 g/mol. The lowest BCUT2D eigenvalue weighted by Gasteiger charge is -1.99. The Balaban J connectivity index is 1.83. The van der Waals surface area contributed by atoms with Gasteiger partial charge in [-0.05, 0) is 33.6 Å². The second kappa shape index (κ2) is 5.72. The highest BCUT2D eigenvalue weighted by Crippen LogP contribution is 2.23. The molecule has 0 unspecified atom stereocenters. The van der Waals surface area contributed by atoms with Crippen molar-refractivity contribution in [3.63, 3.8) is 0 Å². The van der Waals surface area contributed by atoms with Crippen molar-refractivity contribution < 1.29 is 4.92 Å². The summed E-state index contributed by atoms with van der Waals surface area (Å²) in [5, 5.41) is 15.8. The third kappa shape index (κ3) is 3.60. The lowest BCUT2D eigenvalue weighted by atomic mass is 10.3. The van der Waals surface area contributed by atoms with Crippen molar-refractivity contribution in [1.29, 1.82) is 0 Å². The summed E-state index contributed by atoms with van der Waals surface area (Å²) in [4.78, 5) is 11.4. The number of hydrogen-bond donors (Lipinski definition) is 1. The predicted octanol–water partition coefficient (Wildman–Crippen LogP) is 3.77. The standard InChI is InChI=1S/C10H9BrN2O2S2/c11-9-2-1-8(17-9)5-12-4-7-3-10(13(14)15)16-6-7/h1-3,6,12H,4-5H2. The zero-order valence-corrected chi connectivity index (χ0v) is 11.9. The van der Waals surface area contributed by atoms with Crippen molar-refractivity contribution in [3.8, 4) is 0 Å². The molecule has 0 saturated carbocycles. The molecule has 0 amide bonds. The Morgan fingerprint density at radius 3 is 2.82 bits per heavy atom. The second-order valence-corrected chi connectivity index (χ2v) is 6.80. The molecule has 0 saturated heterocycles. The Morgan fingerprint density at radius 1 is 1.41 bits per heavy atom. The molecule has 0 bridgehead atoms. The molecule has 2 aromatic heterocycles. The van der Waals surface area contributed by atoms with Crippen molar-refractivity contribution in [3.05, 3.63) is 47.9 Å². The first-order valence-electron chi connectivity index (χ1n) is 4.82. The first kappa shape index (κ1) is 12.7. The molecule has 0 aliphatic carbocycles. The molecule has 0 aliphatic heterocycles. The van der Waals surface area contributed by atoms with E-state index in [0.717, 1.165) is 27.2 Å². The summed E-state index contributed by atoms with van der Waals surface area (Å²) >= 11 is 6.25. The number of thiophene rings is 2. The maximum absolute atomic E-state index is 10.5. The van der Waals surface area contributed by atoms with Crippen LogP contribution in [-0.4, -0.2) is 4.92 Å². The number of hydrogen-bond acceptors (Lipinski definition) is 5. The van der Waals surface area contributed by atoms with E-state index in [-0.39, 0.29) is 9.92 Å². The van der Waals surface area contributed by atoms with E-state index < -0.39 is 0 Å². The minimum absolute atomic E-state index is 0.195. The van der Waals surface area contributed by atoms with Crippen LogP contribution in [-0.2, 0) is 13.1 Å². The first-order valence-corrected chi connectivity index (χ1v) is 7.31. The zero-order chi connectivity index (χ0) is 12.3. The van der Waals surface area contributed by atoms with Gasteiger partial charge in [0.25, 0.3) is 0 Å². The topological polar surface area (TPSA) is 55.2 Å². The summed E-state index contributed by atoms with van der Waals surface area (Å²) in [6.45, 7) is 1.43. The van der Waals surface area contributed by atoms with E-state index in [1.54, 1.807) is 17.4 Å². The maximum Gasteiger partial charge on any atom is 0.324 e. The van der Waals surface area contributed by atoms with E-state index in [0.29, 0.717) is 6.54 Å². The fourth-order valence-electron chi connectivity index (χ4n) is 1.33. The van der Waals surface area contributed by atoms with Crippen LogP contribution in [0.25, 0.3) is 0 Å². The molecule has 0 aromatic carbocycles. The zero-order valence-electron chi connectivity index (χ0n) is 8.68. The summed E-state index contributed by atoms with van der Waals surface area (Å²) in [6, 6.07) is 5.68. The number of rotatable bonds is 5. The van der Waals surface area contributed by atoms with Gasteiger partial charge in [-0.3, -0.25) is 10.1 Å². The summed E-state index contributed by atoms with van der Waals surface area (Å²) < 4.78 is 1.11. The summed E-state index contributed by atoms with van der Waals surface area (Å²) in [6.07, 6.45) is 0. The van der Waals surface area contributed by atoms with Crippen LogP contribution in [0.15, 0.2) is 27.4 Å². The van der Waals surface area contributed by atoms with Crippen molar-refractivity contribution in [2.75, 3.05) is 0 Å². The molecule has 7 heteroatoms. The van der Waals surface area contributed by atoms with Gasteiger partial charge in [0, 0.05) is 29.4 Å². The van der Waals surface area contributed by atoms with E-state index in [1.165, 1.54) is 4.88 Å². The van der Waals surface area contributed by atoms with E-state index in [9.17, 15) is 10.1 Å². The minimum Gasteiger partial charge on any atom is -0.308 e. The Bertz CT molecular complexity index is 524. The molecule has 1 N–H and O–H groups in total. The lowest BCUT2D eigenvalue weighted by molar-refractivity contribution is -0.380. The van der Waals surface area contributed by atoms with E-state index in [4.69, 9.17) is 0 Å². The van der Waals surface area contributed by atoms with Crippen molar-refractivity contribution in [2.24, 2.45) is 0 Å². The van der Waals surface area contributed by atoms with E-state index in [1.807, 2.05) is 11.4 Å². The number of nitrogens with zero attached hydrogens (tertiary/aromatic N) is 1. The molecule has 0 radical (unpaired) electrons. The molecule has 17 heavy (non-hydrogen) atoms. The van der Waals surface area contributed by atoms with Crippen LogP contribution in [0.2, 0.25) is 0 Å². The normalized spacial score (nSPS) is 10.6. The summed E-state index contributed by atoms with van der Waals surface area (Å²) in [7, 11) is 0. The molecule has 0 aliphatic rings. The van der Waals surface area contributed by atoms with Gasteiger partial charge in [0.2, 0.25) is 0 Å². The van der Waals surface area contributed by atoms with Gasteiger partial charge in [-0.15, -0.1) is 11.3 Å². The second-order valence-electron chi connectivity index (χ2n) is 3.36. The highest BCUT2D eigenvalue weighted by Gasteiger charge is 2.09. The molecule has 4 nitrogen and oxygen atoms in total. The average Bonchev–Trinajstić information content (AvgIpc) is 2.88. The summed E-state index contributed by atoms with van der Waals surface area (Å²) in [5.74, 6) is 0. The van der Waals surface area contributed by atoms with Crippen molar-refractivity contribution in [1.82, 2.24) is 5.32 Å². The fraction of sp³-hybridized carbons (Fsp3) is 0.200. The maximum atomic E-state index is 10.5. The molecule has 0 fully saturated rings. The Kier molecular flexibility index (Phi) is 4.27. The molecule has 2 aromatic rings. The number of nitro groups is 1. The number of halogens is 1. The molecule has 0 atom stereocenters. The molecular formula is C10H9BrN2O2S2. The van der Waals surface area contributed by atoms with Crippen LogP contribution < -0.4 is 5.32 Å². The van der Waals surface area contributed by atoms with E-state index >= 15 is 0 Å². The van der Waals surface area contributed by atoms with Gasteiger partial charge in [0.05, 0.1) is 8.71 Å². The Hall–Kier alpha value is -0.760. The third-order valence-corrected chi connectivity index (χ3v) is 4.63. The smallest absolute Gasteiger partial charge is 0.308 e. The van der Waals surface area contributed by atoms with Gasteiger partial charge in [0.15, 0.2) is 0 Å². The molecule has 90 valence electrons. The van der Waals surface area contributed by atoms with Gasteiger partial charge in [-0.2, -0.15) is 0 Å². The number of nitrogens with one attached hydrogen (secondary N) is 1.